The van der Waals surface area contributed by atoms with Gasteiger partial charge >= 0.3 is 5.97 Å². The summed E-state index contributed by atoms with van der Waals surface area (Å²) in [6.45, 7) is 0.0991. The molecule has 0 rings (SSSR count). The largest absolute Gasteiger partial charge is 0.469 e. The van der Waals surface area contributed by atoms with E-state index in [-0.39, 0.29) is 12.6 Å². The fraction of sp³-hybridized carbons (Fsp3) is 0.562. The van der Waals surface area contributed by atoms with E-state index < -0.39 is 0 Å². The molecule has 0 bridgehead atoms. The molecule has 1 N–H and O–H groups in total. The fourth-order valence-corrected chi connectivity index (χ4v) is 1.16. The van der Waals surface area contributed by atoms with Crippen LogP contribution < -0.4 is 0 Å². The molecular weight excluding hydrogens is 240 g/mol. The van der Waals surface area contributed by atoms with Crippen LogP contribution in [0, 0.1) is 35.5 Å². The van der Waals surface area contributed by atoms with Crippen molar-refractivity contribution in [2.45, 2.75) is 44.9 Å². The molecule has 0 aliphatic heterocycles. The predicted molar refractivity (Wildman–Crippen MR) is 74.7 cm³/mol. The number of ether oxygens (including phenoxy) is 1. The van der Waals surface area contributed by atoms with Gasteiger partial charge in [-0.3, -0.25) is 4.79 Å². The molecule has 0 aromatic rings. The van der Waals surface area contributed by atoms with Gasteiger partial charge in [-0.15, -0.1) is 5.92 Å². The zero-order valence-electron chi connectivity index (χ0n) is 11.4. The van der Waals surface area contributed by atoms with E-state index in [9.17, 15) is 4.79 Å². The molecule has 0 fully saturated rings. The second-order valence-corrected chi connectivity index (χ2v) is 3.67. The summed E-state index contributed by atoms with van der Waals surface area (Å²) in [5.74, 6) is 17.3. The van der Waals surface area contributed by atoms with Crippen molar-refractivity contribution in [3.8, 4) is 35.5 Å². The van der Waals surface area contributed by atoms with Gasteiger partial charge in [0.15, 0.2) is 0 Å². The first kappa shape index (κ1) is 17.1. The van der Waals surface area contributed by atoms with Crippen molar-refractivity contribution in [3.63, 3.8) is 0 Å². The second-order valence-electron chi connectivity index (χ2n) is 3.67. The Hall–Kier alpha value is -1.89. The van der Waals surface area contributed by atoms with Gasteiger partial charge in [0.1, 0.15) is 0 Å². The molecule has 0 saturated heterocycles. The van der Waals surface area contributed by atoms with E-state index in [1.807, 2.05) is 0 Å². The van der Waals surface area contributed by atoms with E-state index in [1.54, 1.807) is 0 Å². The van der Waals surface area contributed by atoms with Crippen LogP contribution in [0.4, 0.5) is 0 Å². The van der Waals surface area contributed by atoms with Gasteiger partial charge in [-0.1, -0.05) is 29.6 Å². The molecule has 19 heavy (non-hydrogen) atoms. The number of rotatable bonds is 5. The van der Waals surface area contributed by atoms with E-state index in [0.717, 1.165) is 19.3 Å². The molecule has 0 aliphatic carbocycles. The Labute approximate surface area is 115 Å². The van der Waals surface area contributed by atoms with Crippen LogP contribution in [-0.2, 0) is 9.53 Å². The number of carbonyl (C=O) groups excluding carboxylic acids is 1. The molecular formula is C16H20O3. The zero-order chi connectivity index (χ0) is 14.2. The minimum absolute atomic E-state index is 0.0991. The molecule has 3 nitrogen and oxygen atoms in total. The van der Waals surface area contributed by atoms with Gasteiger partial charge in [0.2, 0.25) is 0 Å². The van der Waals surface area contributed by atoms with Crippen LogP contribution in [0.2, 0.25) is 0 Å². The third-order valence-electron chi connectivity index (χ3n) is 2.13. The second kappa shape index (κ2) is 14.2. The van der Waals surface area contributed by atoms with Crippen molar-refractivity contribution in [1.29, 1.82) is 0 Å². The van der Waals surface area contributed by atoms with Crippen molar-refractivity contribution in [2.24, 2.45) is 0 Å². The minimum Gasteiger partial charge on any atom is -0.469 e. The monoisotopic (exact) mass is 260 g/mol. The van der Waals surface area contributed by atoms with Crippen LogP contribution in [0.5, 0.6) is 0 Å². The average molecular weight is 260 g/mol. The van der Waals surface area contributed by atoms with Crippen LogP contribution in [0.15, 0.2) is 0 Å². The van der Waals surface area contributed by atoms with Gasteiger partial charge in [-0.2, -0.15) is 0 Å². The van der Waals surface area contributed by atoms with Gasteiger partial charge in [-0.25, -0.2) is 0 Å². The first-order valence-corrected chi connectivity index (χ1v) is 6.36. The topological polar surface area (TPSA) is 46.5 Å². The molecule has 0 aliphatic rings. The predicted octanol–water partition coefficient (Wildman–Crippen LogP) is 1.89. The minimum atomic E-state index is -0.166. The number of aliphatic hydroxyl groups is 1. The molecule has 0 aromatic carbocycles. The Bertz CT molecular complexity index is 418. The smallest absolute Gasteiger partial charge is 0.305 e. The van der Waals surface area contributed by atoms with Crippen molar-refractivity contribution >= 4 is 5.97 Å². The van der Waals surface area contributed by atoms with E-state index in [1.165, 1.54) is 7.11 Å². The molecule has 0 aromatic heterocycles. The van der Waals surface area contributed by atoms with Crippen molar-refractivity contribution < 1.29 is 14.6 Å². The number of methoxy groups -OCH3 is 1. The highest BCUT2D eigenvalue weighted by Gasteiger charge is 1.97. The highest BCUT2D eigenvalue weighted by atomic mass is 16.5. The van der Waals surface area contributed by atoms with Crippen LogP contribution in [0.1, 0.15) is 44.9 Å². The van der Waals surface area contributed by atoms with E-state index in [2.05, 4.69) is 40.3 Å². The summed E-state index contributed by atoms with van der Waals surface area (Å²) >= 11 is 0. The number of hydrogen-bond donors (Lipinski definition) is 1. The van der Waals surface area contributed by atoms with Gasteiger partial charge < -0.3 is 9.84 Å². The lowest BCUT2D eigenvalue weighted by Gasteiger charge is -1.95. The van der Waals surface area contributed by atoms with Gasteiger partial charge in [0.25, 0.3) is 0 Å². The highest BCUT2D eigenvalue weighted by Crippen LogP contribution is 1.99. The highest BCUT2D eigenvalue weighted by molar-refractivity contribution is 5.68. The summed E-state index contributed by atoms with van der Waals surface area (Å²) in [6, 6.07) is 0. The van der Waals surface area contributed by atoms with Crippen molar-refractivity contribution in [1.82, 2.24) is 0 Å². The lowest BCUT2D eigenvalue weighted by molar-refractivity contribution is -0.140. The molecule has 0 atom stereocenters. The quantitative estimate of drug-likeness (QED) is 0.466. The van der Waals surface area contributed by atoms with Gasteiger partial charge in [0, 0.05) is 19.3 Å². The lowest BCUT2D eigenvalue weighted by atomic mass is 10.2. The first-order chi connectivity index (χ1) is 9.31. The zero-order valence-corrected chi connectivity index (χ0v) is 11.4. The summed E-state index contributed by atoms with van der Waals surface area (Å²) in [6.07, 6.45) is 4.56. The summed E-state index contributed by atoms with van der Waals surface area (Å²) in [4.78, 5) is 10.8. The molecule has 0 heterocycles. The van der Waals surface area contributed by atoms with Gasteiger partial charge in [0.05, 0.1) is 26.6 Å². The first-order valence-electron chi connectivity index (χ1n) is 6.36. The SMILES string of the molecule is COC(=O)CCCCC#CCC#CCC#CCCO. The number of carbonyl (C=O) groups is 1. The number of hydrogen-bond acceptors (Lipinski definition) is 3. The third-order valence-corrected chi connectivity index (χ3v) is 2.13. The summed E-state index contributed by atoms with van der Waals surface area (Å²) in [5.41, 5.74) is 0. The lowest BCUT2D eigenvalue weighted by Crippen LogP contribution is -1.98. The summed E-state index contributed by atoms with van der Waals surface area (Å²) in [5, 5.41) is 8.49. The Morgan fingerprint density at radius 3 is 2.11 bits per heavy atom. The number of aliphatic hydroxyl groups excluding tert-OH is 1. The van der Waals surface area contributed by atoms with E-state index >= 15 is 0 Å². The van der Waals surface area contributed by atoms with Crippen molar-refractivity contribution in [3.05, 3.63) is 0 Å². The number of unbranched alkanes of at least 4 members (excludes halogenated alkanes) is 2. The van der Waals surface area contributed by atoms with Gasteiger partial charge in [-0.05, 0) is 12.8 Å². The maximum absolute atomic E-state index is 10.8. The van der Waals surface area contributed by atoms with Crippen molar-refractivity contribution in [2.75, 3.05) is 13.7 Å². The molecule has 0 amide bonds. The molecule has 0 radical (unpaired) electrons. The Morgan fingerprint density at radius 2 is 1.53 bits per heavy atom. The van der Waals surface area contributed by atoms with E-state index in [4.69, 9.17) is 5.11 Å². The normalized spacial score (nSPS) is 8.11. The molecule has 102 valence electrons. The molecule has 0 saturated carbocycles. The maximum atomic E-state index is 10.8. The standard InChI is InChI=1S/C16H20O3/c1-19-16(18)14-12-10-8-6-4-2-3-5-7-9-11-13-15-17/h17H,2,7-8,10,12-15H2,1H3. The Balaban J connectivity index is 3.48. The van der Waals surface area contributed by atoms with Crippen LogP contribution >= 0.6 is 0 Å². The third kappa shape index (κ3) is 14.0. The molecule has 0 spiro atoms. The average Bonchev–Trinajstić information content (AvgIpc) is 2.43. The summed E-state index contributed by atoms with van der Waals surface area (Å²) < 4.78 is 4.54. The fourth-order valence-electron chi connectivity index (χ4n) is 1.16. The number of esters is 1. The summed E-state index contributed by atoms with van der Waals surface area (Å²) in [7, 11) is 1.40. The maximum Gasteiger partial charge on any atom is 0.305 e. The van der Waals surface area contributed by atoms with Crippen LogP contribution in [0.25, 0.3) is 0 Å². The van der Waals surface area contributed by atoms with Crippen LogP contribution in [0.3, 0.4) is 0 Å². The Kier molecular flexibility index (Phi) is 12.8. The Morgan fingerprint density at radius 1 is 0.947 bits per heavy atom. The molecule has 0 unspecified atom stereocenters. The molecule has 3 heteroatoms. The van der Waals surface area contributed by atoms with Crippen LogP contribution in [-0.4, -0.2) is 24.8 Å². The van der Waals surface area contributed by atoms with E-state index in [0.29, 0.717) is 25.7 Å².